The first-order chi connectivity index (χ1) is 26.0. The standard InChI is InChI=1S/C40H36F4N6O4/c1-48-23-45-47-37(48)31-18-28(41)11-12-30(31)27-16-35(26-9-10-26)46-36(17-27)50-19-33-32(38(50)51)14-25(15-34(33)40(42,43)44)20-53-22-29-8-5-13-49(29)39(52)54-21-24-6-3-2-4-7-24/h2-4,6-7,11-12,14-18,23,26,29H,5,8-10,13,19-22H2,1H3. The van der Waals surface area contributed by atoms with Gasteiger partial charge in [0.05, 0.1) is 31.4 Å². The molecule has 14 heteroatoms. The van der Waals surface area contributed by atoms with Gasteiger partial charge in [-0.2, -0.15) is 13.2 Å². The molecule has 278 valence electrons. The Morgan fingerprint density at radius 3 is 2.48 bits per heavy atom. The molecule has 0 bridgehead atoms. The second-order valence-corrected chi connectivity index (χ2v) is 14.0. The molecule has 8 rings (SSSR count). The number of amides is 2. The lowest BCUT2D eigenvalue weighted by Gasteiger charge is -2.24. The monoisotopic (exact) mass is 740 g/mol. The number of rotatable bonds is 10. The van der Waals surface area contributed by atoms with Crippen molar-refractivity contribution in [2.75, 3.05) is 18.1 Å². The van der Waals surface area contributed by atoms with Crippen LogP contribution in [0.4, 0.5) is 28.2 Å². The minimum atomic E-state index is -4.74. The van der Waals surface area contributed by atoms with Crippen LogP contribution in [0.5, 0.6) is 0 Å². The van der Waals surface area contributed by atoms with Crippen LogP contribution in [0.3, 0.4) is 0 Å². The lowest BCUT2D eigenvalue weighted by Crippen LogP contribution is -2.38. The highest BCUT2D eigenvalue weighted by Gasteiger charge is 2.41. The molecule has 2 fully saturated rings. The van der Waals surface area contributed by atoms with Crippen molar-refractivity contribution in [2.45, 2.75) is 63.6 Å². The molecule has 1 unspecified atom stereocenters. The third-order valence-electron chi connectivity index (χ3n) is 10.2. The number of benzene rings is 3. The minimum absolute atomic E-state index is 0.0721. The van der Waals surface area contributed by atoms with E-state index in [-0.39, 0.29) is 60.8 Å². The summed E-state index contributed by atoms with van der Waals surface area (Å²) in [5, 5.41) is 8.10. The zero-order valence-electron chi connectivity index (χ0n) is 29.4. The second kappa shape index (κ2) is 14.3. The lowest BCUT2D eigenvalue weighted by atomic mass is 9.98. The average Bonchev–Trinajstić information content (AvgIpc) is 3.61. The summed E-state index contributed by atoms with van der Waals surface area (Å²) in [6, 6.07) is 19.3. The van der Waals surface area contributed by atoms with E-state index in [9.17, 15) is 27.2 Å². The number of ether oxygens (including phenoxy) is 2. The Morgan fingerprint density at radius 2 is 1.74 bits per heavy atom. The van der Waals surface area contributed by atoms with E-state index in [1.807, 2.05) is 36.4 Å². The molecule has 10 nitrogen and oxygen atoms in total. The highest BCUT2D eigenvalue weighted by molar-refractivity contribution is 6.10. The van der Waals surface area contributed by atoms with Crippen LogP contribution in [0.2, 0.25) is 0 Å². The number of carbonyl (C=O) groups is 2. The molecule has 0 radical (unpaired) electrons. The summed E-state index contributed by atoms with van der Waals surface area (Å²) in [7, 11) is 1.74. The van der Waals surface area contributed by atoms with Gasteiger partial charge in [0.1, 0.15) is 24.6 Å². The Labute approximate surface area is 308 Å². The number of pyridine rings is 1. The number of nitrogens with zero attached hydrogens (tertiary/aromatic N) is 6. The SMILES string of the molecule is Cn1cnnc1-c1cc(F)ccc1-c1cc(C2CC2)nc(N2Cc3c(cc(COCC4CCCN4C(=O)OCc4ccccc4)cc3C(F)(F)F)C2=O)c1. The molecule has 2 aliphatic heterocycles. The molecule has 1 aliphatic carbocycles. The first kappa shape index (κ1) is 35.4. The first-order valence-corrected chi connectivity index (χ1v) is 17.8. The summed E-state index contributed by atoms with van der Waals surface area (Å²) < 4.78 is 71.4. The minimum Gasteiger partial charge on any atom is -0.445 e. The molecule has 1 saturated heterocycles. The van der Waals surface area contributed by atoms with Crippen LogP contribution < -0.4 is 4.90 Å². The number of alkyl halides is 3. The Morgan fingerprint density at radius 1 is 0.926 bits per heavy atom. The highest BCUT2D eigenvalue weighted by Crippen LogP contribution is 2.44. The van der Waals surface area contributed by atoms with E-state index in [2.05, 4.69) is 10.2 Å². The maximum absolute atomic E-state index is 14.6. The van der Waals surface area contributed by atoms with E-state index in [1.54, 1.807) is 28.6 Å². The van der Waals surface area contributed by atoms with Crippen molar-refractivity contribution >= 4 is 17.8 Å². The molecule has 5 aromatic rings. The summed E-state index contributed by atoms with van der Waals surface area (Å²) in [6.07, 6.45) is -0.524. The van der Waals surface area contributed by atoms with Crippen LogP contribution in [0.25, 0.3) is 22.5 Å². The number of likely N-dealkylation sites (tertiary alicyclic amines) is 1. The van der Waals surface area contributed by atoms with Gasteiger partial charge in [-0.25, -0.2) is 14.2 Å². The number of carbonyl (C=O) groups excluding carboxylic acids is 2. The van der Waals surface area contributed by atoms with Gasteiger partial charge in [0.2, 0.25) is 0 Å². The summed E-state index contributed by atoms with van der Waals surface area (Å²) >= 11 is 0. The van der Waals surface area contributed by atoms with E-state index in [1.165, 1.54) is 29.4 Å². The van der Waals surface area contributed by atoms with Crippen LogP contribution in [0, 0.1) is 5.82 Å². The third kappa shape index (κ3) is 7.17. The molecular weight excluding hydrogens is 704 g/mol. The van der Waals surface area contributed by atoms with Crippen LogP contribution in [-0.4, -0.2) is 55.8 Å². The van der Waals surface area contributed by atoms with Gasteiger partial charge in [-0.05, 0) is 89.9 Å². The number of aryl methyl sites for hydroxylation is 1. The Hall–Kier alpha value is -5.63. The Bertz CT molecular complexity index is 2220. The molecule has 4 heterocycles. The van der Waals surface area contributed by atoms with Gasteiger partial charge in [-0.3, -0.25) is 9.69 Å². The molecule has 1 saturated carbocycles. The molecule has 3 aromatic carbocycles. The van der Waals surface area contributed by atoms with Crippen molar-refractivity contribution in [2.24, 2.45) is 7.05 Å². The van der Waals surface area contributed by atoms with Gasteiger partial charge in [0.25, 0.3) is 5.91 Å². The van der Waals surface area contributed by atoms with Gasteiger partial charge in [0, 0.05) is 36.3 Å². The molecular formula is C40H36F4N6O4. The maximum Gasteiger partial charge on any atom is 0.416 e. The zero-order chi connectivity index (χ0) is 37.6. The number of anilines is 1. The predicted octanol–water partition coefficient (Wildman–Crippen LogP) is 8.06. The largest absolute Gasteiger partial charge is 0.445 e. The zero-order valence-corrected chi connectivity index (χ0v) is 29.4. The molecule has 54 heavy (non-hydrogen) atoms. The Kier molecular flexibility index (Phi) is 9.38. The van der Waals surface area contributed by atoms with Crippen molar-refractivity contribution in [3.8, 4) is 22.5 Å². The van der Waals surface area contributed by atoms with Crippen LogP contribution in [-0.2, 0) is 42.5 Å². The van der Waals surface area contributed by atoms with E-state index < -0.39 is 29.6 Å². The molecule has 0 N–H and O–H groups in total. The van der Waals surface area contributed by atoms with Crippen molar-refractivity contribution < 1.29 is 36.6 Å². The van der Waals surface area contributed by atoms with Gasteiger partial charge < -0.3 is 18.9 Å². The third-order valence-corrected chi connectivity index (χ3v) is 10.2. The number of hydrogen-bond acceptors (Lipinski definition) is 7. The predicted molar refractivity (Wildman–Crippen MR) is 190 cm³/mol. The second-order valence-electron chi connectivity index (χ2n) is 14.0. The normalized spacial score (nSPS) is 17.0. The highest BCUT2D eigenvalue weighted by atomic mass is 19.4. The molecule has 3 aliphatic rings. The smallest absolute Gasteiger partial charge is 0.416 e. The van der Waals surface area contributed by atoms with Crippen LogP contribution in [0.1, 0.15) is 69.9 Å². The van der Waals surface area contributed by atoms with E-state index in [0.29, 0.717) is 41.2 Å². The molecule has 1 atom stereocenters. The lowest BCUT2D eigenvalue weighted by molar-refractivity contribution is -0.138. The van der Waals surface area contributed by atoms with E-state index >= 15 is 0 Å². The van der Waals surface area contributed by atoms with Gasteiger partial charge in [-0.15, -0.1) is 10.2 Å². The van der Waals surface area contributed by atoms with E-state index in [0.717, 1.165) is 30.9 Å². The number of halogens is 4. The quantitative estimate of drug-likeness (QED) is 0.134. The first-order valence-electron chi connectivity index (χ1n) is 17.8. The van der Waals surface area contributed by atoms with Crippen LogP contribution in [0.15, 0.2) is 79.1 Å². The summed E-state index contributed by atoms with van der Waals surface area (Å²) in [4.78, 5) is 34.5. The van der Waals surface area contributed by atoms with Gasteiger partial charge in [0.15, 0.2) is 5.82 Å². The van der Waals surface area contributed by atoms with Crippen molar-refractivity contribution in [1.29, 1.82) is 0 Å². The van der Waals surface area contributed by atoms with Crippen LogP contribution >= 0.6 is 0 Å². The average molecular weight is 741 g/mol. The number of aromatic nitrogens is 4. The van der Waals surface area contributed by atoms with Crippen molar-refractivity contribution in [1.82, 2.24) is 24.6 Å². The van der Waals surface area contributed by atoms with Gasteiger partial charge >= 0.3 is 12.3 Å². The number of hydrogen-bond donors (Lipinski definition) is 0. The fourth-order valence-electron chi connectivity index (χ4n) is 7.25. The molecule has 0 spiro atoms. The summed E-state index contributed by atoms with van der Waals surface area (Å²) in [5.41, 5.74) is 2.33. The fourth-order valence-corrected chi connectivity index (χ4v) is 7.25. The Balaban J connectivity index is 1.03. The number of fused-ring (bicyclic) bond motifs is 1. The topological polar surface area (TPSA) is 103 Å². The van der Waals surface area contributed by atoms with Crippen molar-refractivity contribution in [3.05, 3.63) is 118 Å². The van der Waals surface area contributed by atoms with Crippen molar-refractivity contribution in [3.63, 3.8) is 0 Å². The van der Waals surface area contributed by atoms with E-state index in [4.69, 9.17) is 14.5 Å². The summed E-state index contributed by atoms with van der Waals surface area (Å²) in [6.45, 7) is 0.194. The maximum atomic E-state index is 14.6. The summed E-state index contributed by atoms with van der Waals surface area (Å²) in [5.74, 6) is -0.318. The molecule has 2 aromatic heterocycles. The van der Waals surface area contributed by atoms with Gasteiger partial charge in [-0.1, -0.05) is 36.4 Å². The fraction of sp³-hybridized carbons (Fsp3) is 0.325. The molecule has 2 amide bonds.